The first kappa shape index (κ1) is 13.6. The molecule has 0 aliphatic carbocycles. The molecule has 1 N–H and O–H groups in total. The lowest BCUT2D eigenvalue weighted by atomic mass is 9.92. The molecule has 2 rings (SSSR count). The molecule has 0 saturated carbocycles. The van der Waals surface area contributed by atoms with E-state index >= 15 is 0 Å². The Labute approximate surface area is 116 Å². The Hall–Kier alpha value is -0.870. The molecule has 1 heterocycles. The summed E-state index contributed by atoms with van der Waals surface area (Å²) < 4.78 is 1.05. The number of halogens is 1. The van der Waals surface area contributed by atoms with E-state index in [0.29, 0.717) is 12.5 Å². The molecule has 4 heteroatoms. The molecule has 0 bridgehead atoms. The van der Waals surface area contributed by atoms with Gasteiger partial charge in [0.25, 0.3) is 0 Å². The second-order valence-electron chi connectivity index (χ2n) is 5.05. The second-order valence-corrected chi connectivity index (χ2v) is 5.90. The highest BCUT2D eigenvalue weighted by Crippen LogP contribution is 2.26. The molecule has 1 aliphatic rings. The predicted octanol–water partition coefficient (Wildman–Crippen LogP) is 3.13. The maximum atomic E-state index is 11.3. The SMILES string of the molecule is CC1CCN(Cc2ccccc2Br)C(C(=O)O)C1. The van der Waals surface area contributed by atoms with Gasteiger partial charge in [0.1, 0.15) is 6.04 Å². The Balaban J connectivity index is 2.12. The van der Waals surface area contributed by atoms with Crippen molar-refractivity contribution in [3.05, 3.63) is 34.3 Å². The predicted molar refractivity (Wildman–Crippen MR) is 74.4 cm³/mol. The van der Waals surface area contributed by atoms with Gasteiger partial charge in [-0.1, -0.05) is 41.1 Å². The first-order chi connectivity index (χ1) is 8.58. The minimum absolute atomic E-state index is 0.346. The van der Waals surface area contributed by atoms with Crippen LogP contribution in [0, 0.1) is 5.92 Å². The van der Waals surface area contributed by atoms with Gasteiger partial charge in [0.05, 0.1) is 0 Å². The molecule has 1 aromatic carbocycles. The lowest BCUT2D eigenvalue weighted by Crippen LogP contribution is -2.46. The van der Waals surface area contributed by atoms with Gasteiger partial charge < -0.3 is 5.11 Å². The van der Waals surface area contributed by atoms with Crippen LogP contribution in [0.1, 0.15) is 25.3 Å². The standard InChI is InChI=1S/C14H18BrNO2/c1-10-6-7-16(13(8-10)14(17)18)9-11-4-2-3-5-12(11)15/h2-5,10,13H,6-9H2,1H3,(H,17,18). The van der Waals surface area contributed by atoms with Crippen molar-refractivity contribution in [2.24, 2.45) is 5.92 Å². The zero-order valence-corrected chi connectivity index (χ0v) is 12.1. The van der Waals surface area contributed by atoms with Gasteiger partial charge in [0, 0.05) is 11.0 Å². The summed E-state index contributed by atoms with van der Waals surface area (Å²) in [7, 11) is 0. The summed E-state index contributed by atoms with van der Waals surface area (Å²) in [4.78, 5) is 13.4. The van der Waals surface area contributed by atoms with Gasteiger partial charge in [-0.3, -0.25) is 9.69 Å². The van der Waals surface area contributed by atoms with Crippen molar-refractivity contribution in [1.29, 1.82) is 0 Å². The largest absolute Gasteiger partial charge is 0.480 e. The summed E-state index contributed by atoms with van der Waals surface area (Å²) >= 11 is 3.52. The topological polar surface area (TPSA) is 40.5 Å². The van der Waals surface area contributed by atoms with Gasteiger partial charge in [-0.2, -0.15) is 0 Å². The van der Waals surface area contributed by atoms with E-state index in [1.807, 2.05) is 24.3 Å². The number of piperidine rings is 1. The summed E-state index contributed by atoms with van der Waals surface area (Å²) in [5, 5.41) is 9.32. The molecular formula is C14H18BrNO2. The zero-order chi connectivity index (χ0) is 13.1. The molecule has 0 amide bonds. The Morgan fingerprint density at radius 1 is 1.50 bits per heavy atom. The number of carbonyl (C=O) groups is 1. The molecule has 98 valence electrons. The van der Waals surface area contributed by atoms with Crippen molar-refractivity contribution >= 4 is 21.9 Å². The number of rotatable bonds is 3. The molecule has 1 aromatic rings. The Kier molecular flexibility index (Phi) is 4.40. The lowest BCUT2D eigenvalue weighted by molar-refractivity contribution is -0.145. The van der Waals surface area contributed by atoms with Gasteiger partial charge in [0.2, 0.25) is 0 Å². The molecule has 3 nitrogen and oxygen atoms in total. The first-order valence-corrected chi connectivity index (χ1v) is 7.07. The molecule has 2 unspecified atom stereocenters. The molecule has 0 radical (unpaired) electrons. The minimum atomic E-state index is -0.700. The van der Waals surface area contributed by atoms with Crippen LogP contribution in [0.15, 0.2) is 28.7 Å². The van der Waals surface area contributed by atoms with Crippen LogP contribution in [-0.2, 0) is 11.3 Å². The number of likely N-dealkylation sites (tertiary alicyclic amines) is 1. The second kappa shape index (κ2) is 5.85. The third-order valence-corrected chi connectivity index (χ3v) is 4.37. The monoisotopic (exact) mass is 311 g/mol. The fourth-order valence-corrected chi connectivity index (χ4v) is 2.89. The van der Waals surface area contributed by atoms with Crippen LogP contribution in [-0.4, -0.2) is 28.6 Å². The maximum Gasteiger partial charge on any atom is 0.320 e. The number of hydrogen-bond acceptors (Lipinski definition) is 2. The number of aliphatic carboxylic acids is 1. The van der Waals surface area contributed by atoms with Gasteiger partial charge in [-0.05, 0) is 36.9 Å². The van der Waals surface area contributed by atoms with Crippen molar-refractivity contribution in [3.8, 4) is 0 Å². The van der Waals surface area contributed by atoms with Crippen molar-refractivity contribution in [2.75, 3.05) is 6.54 Å². The van der Waals surface area contributed by atoms with Crippen LogP contribution in [0.5, 0.6) is 0 Å². The summed E-state index contributed by atoms with van der Waals surface area (Å²) in [5.74, 6) is -0.199. The van der Waals surface area contributed by atoms with E-state index in [2.05, 4.69) is 27.8 Å². The quantitative estimate of drug-likeness (QED) is 0.932. The zero-order valence-electron chi connectivity index (χ0n) is 10.5. The average molecular weight is 312 g/mol. The average Bonchev–Trinajstić information content (AvgIpc) is 2.34. The molecule has 0 aromatic heterocycles. The van der Waals surface area contributed by atoms with Crippen LogP contribution in [0.2, 0.25) is 0 Å². The molecule has 18 heavy (non-hydrogen) atoms. The van der Waals surface area contributed by atoms with E-state index < -0.39 is 5.97 Å². The van der Waals surface area contributed by atoms with Crippen LogP contribution >= 0.6 is 15.9 Å². The van der Waals surface area contributed by atoms with Gasteiger partial charge >= 0.3 is 5.97 Å². The maximum absolute atomic E-state index is 11.3. The lowest BCUT2D eigenvalue weighted by Gasteiger charge is -2.36. The van der Waals surface area contributed by atoms with Crippen LogP contribution in [0.3, 0.4) is 0 Å². The highest BCUT2D eigenvalue weighted by molar-refractivity contribution is 9.10. The third-order valence-electron chi connectivity index (χ3n) is 3.59. The Morgan fingerprint density at radius 2 is 2.22 bits per heavy atom. The van der Waals surface area contributed by atoms with Crippen molar-refractivity contribution in [2.45, 2.75) is 32.4 Å². The minimum Gasteiger partial charge on any atom is -0.480 e. The fraction of sp³-hybridized carbons (Fsp3) is 0.500. The number of hydrogen-bond donors (Lipinski definition) is 1. The van der Waals surface area contributed by atoms with Crippen molar-refractivity contribution < 1.29 is 9.90 Å². The summed E-state index contributed by atoms with van der Waals surface area (Å²) in [6.07, 6.45) is 1.83. The number of nitrogens with zero attached hydrogens (tertiary/aromatic N) is 1. The molecular weight excluding hydrogens is 294 g/mol. The molecule has 2 atom stereocenters. The van der Waals surface area contributed by atoms with E-state index in [1.54, 1.807) is 0 Å². The highest BCUT2D eigenvalue weighted by Gasteiger charge is 2.31. The summed E-state index contributed by atoms with van der Waals surface area (Å²) in [5.41, 5.74) is 1.15. The van der Waals surface area contributed by atoms with Gasteiger partial charge in [-0.15, -0.1) is 0 Å². The van der Waals surface area contributed by atoms with E-state index in [1.165, 1.54) is 0 Å². The number of carboxylic acid groups (broad SMARTS) is 1. The smallest absolute Gasteiger partial charge is 0.320 e. The molecule has 1 saturated heterocycles. The number of carboxylic acids is 1. The van der Waals surface area contributed by atoms with Crippen molar-refractivity contribution in [3.63, 3.8) is 0 Å². The summed E-state index contributed by atoms with van der Waals surface area (Å²) in [6.45, 7) is 3.69. The summed E-state index contributed by atoms with van der Waals surface area (Å²) in [6, 6.07) is 7.66. The molecule has 0 spiro atoms. The fourth-order valence-electron chi connectivity index (χ4n) is 2.48. The van der Waals surface area contributed by atoms with E-state index in [0.717, 1.165) is 29.4 Å². The van der Waals surface area contributed by atoms with Crippen LogP contribution in [0.25, 0.3) is 0 Å². The molecule has 1 fully saturated rings. The highest BCUT2D eigenvalue weighted by atomic mass is 79.9. The van der Waals surface area contributed by atoms with E-state index in [4.69, 9.17) is 0 Å². The molecule has 1 aliphatic heterocycles. The van der Waals surface area contributed by atoms with Crippen LogP contribution in [0.4, 0.5) is 0 Å². The van der Waals surface area contributed by atoms with Crippen molar-refractivity contribution in [1.82, 2.24) is 4.90 Å². The Bertz CT molecular complexity index is 436. The first-order valence-electron chi connectivity index (χ1n) is 6.28. The normalized spacial score (nSPS) is 25.0. The van der Waals surface area contributed by atoms with E-state index in [-0.39, 0.29) is 6.04 Å². The van der Waals surface area contributed by atoms with Gasteiger partial charge in [-0.25, -0.2) is 0 Å². The Morgan fingerprint density at radius 3 is 2.89 bits per heavy atom. The van der Waals surface area contributed by atoms with Gasteiger partial charge in [0.15, 0.2) is 0 Å². The van der Waals surface area contributed by atoms with E-state index in [9.17, 15) is 9.90 Å². The number of benzene rings is 1. The van der Waals surface area contributed by atoms with Crippen LogP contribution < -0.4 is 0 Å². The third kappa shape index (κ3) is 3.12.